The second kappa shape index (κ2) is 5.48. The quantitative estimate of drug-likeness (QED) is 0.811. The minimum absolute atomic E-state index is 0.00825. The minimum atomic E-state index is -1.62. The van der Waals surface area contributed by atoms with Crippen LogP contribution in [0.25, 0.3) is 0 Å². The summed E-state index contributed by atoms with van der Waals surface area (Å²) in [7, 11) is 0. The molecule has 0 spiro atoms. The third kappa shape index (κ3) is 2.78. The Bertz CT molecular complexity index is 671. The summed E-state index contributed by atoms with van der Waals surface area (Å²) >= 11 is 1.39. The standard InChI is InChI=1S/C14H11F3N2OS/c15-10-4-3-9(12(16)13(10)17)14(20)19(8-1-2-8)7-11-18-5-6-21-11/h3-6,8H,1-2,7H2. The van der Waals surface area contributed by atoms with Crippen molar-refractivity contribution >= 4 is 17.2 Å². The first-order valence-corrected chi connectivity index (χ1v) is 7.28. The van der Waals surface area contributed by atoms with E-state index in [2.05, 4.69) is 4.98 Å². The van der Waals surface area contributed by atoms with Gasteiger partial charge in [-0.3, -0.25) is 4.79 Å². The van der Waals surface area contributed by atoms with Gasteiger partial charge in [-0.1, -0.05) is 0 Å². The highest BCUT2D eigenvalue weighted by Crippen LogP contribution is 2.31. The molecular formula is C14H11F3N2OS. The molecule has 0 radical (unpaired) electrons. The molecule has 0 aliphatic heterocycles. The van der Waals surface area contributed by atoms with Gasteiger partial charge in [0.2, 0.25) is 0 Å². The summed E-state index contributed by atoms with van der Waals surface area (Å²) in [4.78, 5) is 18.0. The molecule has 110 valence electrons. The van der Waals surface area contributed by atoms with Crippen molar-refractivity contribution in [1.82, 2.24) is 9.88 Å². The summed E-state index contributed by atoms with van der Waals surface area (Å²) < 4.78 is 40.0. The Morgan fingerprint density at radius 1 is 1.29 bits per heavy atom. The largest absolute Gasteiger partial charge is 0.329 e. The molecule has 7 heteroatoms. The van der Waals surface area contributed by atoms with Crippen LogP contribution >= 0.6 is 11.3 Å². The van der Waals surface area contributed by atoms with Gasteiger partial charge in [-0.2, -0.15) is 0 Å². The number of carbonyl (C=O) groups excluding carboxylic acids is 1. The average molecular weight is 312 g/mol. The lowest BCUT2D eigenvalue weighted by atomic mass is 10.1. The van der Waals surface area contributed by atoms with Crippen LogP contribution in [-0.4, -0.2) is 21.8 Å². The molecule has 3 rings (SSSR count). The predicted octanol–water partition coefficient (Wildman–Crippen LogP) is 3.37. The monoisotopic (exact) mass is 312 g/mol. The number of amides is 1. The van der Waals surface area contributed by atoms with Gasteiger partial charge < -0.3 is 4.90 Å². The average Bonchev–Trinajstić information content (AvgIpc) is 3.18. The van der Waals surface area contributed by atoms with Gasteiger partial charge in [0.25, 0.3) is 5.91 Å². The fraction of sp³-hybridized carbons (Fsp3) is 0.286. The lowest BCUT2D eigenvalue weighted by Gasteiger charge is -2.21. The molecule has 1 saturated carbocycles. The number of hydrogen-bond acceptors (Lipinski definition) is 3. The van der Waals surface area contributed by atoms with E-state index in [4.69, 9.17) is 0 Å². The zero-order chi connectivity index (χ0) is 15.0. The summed E-state index contributed by atoms with van der Waals surface area (Å²) in [6, 6.07) is 1.75. The highest BCUT2D eigenvalue weighted by molar-refractivity contribution is 7.09. The summed E-state index contributed by atoms with van der Waals surface area (Å²) in [6.07, 6.45) is 3.26. The SMILES string of the molecule is O=C(c1ccc(F)c(F)c1F)N(Cc1nccs1)C1CC1. The maximum Gasteiger partial charge on any atom is 0.257 e. The lowest BCUT2D eigenvalue weighted by molar-refractivity contribution is 0.0723. The van der Waals surface area contributed by atoms with E-state index in [-0.39, 0.29) is 12.6 Å². The van der Waals surface area contributed by atoms with E-state index in [1.54, 1.807) is 11.6 Å². The number of thiazole rings is 1. The number of halogens is 3. The van der Waals surface area contributed by atoms with E-state index >= 15 is 0 Å². The van der Waals surface area contributed by atoms with Crippen LogP contribution in [0, 0.1) is 17.5 Å². The van der Waals surface area contributed by atoms with Crippen LogP contribution in [0.15, 0.2) is 23.7 Å². The fourth-order valence-electron chi connectivity index (χ4n) is 2.08. The molecule has 0 N–H and O–H groups in total. The van der Waals surface area contributed by atoms with Crippen molar-refractivity contribution < 1.29 is 18.0 Å². The van der Waals surface area contributed by atoms with E-state index in [1.807, 2.05) is 0 Å². The molecule has 1 aromatic heterocycles. The number of carbonyl (C=O) groups is 1. The summed E-state index contributed by atoms with van der Waals surface area (Å²) in [6.45, 7) is 0.250. The summed E-state index contributed by atoms with van der Waals surface area (Å²) in [5, 5.41) is 2.50. The van der Waals surface area contributed by atoms with Crippen molar-refractivity contribution in [3.05, 3.63) is 51.7 Å². The summed E-state index contributed by atoms with van der Waals surface area (Å²) in [5.74, 6) is -5.00. The van der Waals surface area contributed by atoms with E-state index in [0.717, 1.165) is 30.0 Å². The molecule has 1 aliphatic carbocycles. The van der Waals surface area contributed by atoms with Crippen molar-refractivity contribution in [2.24, 2.45) is 0 Å². The van der Waals surface area contributed by atoms with Crippen molar-refractivity contribution in [3.8, 4) is 0 Å². The van der Waals surface area contributed by atoms with E-state index in [1.165, 1.54) is 16.2 Å². The molecule has 0 saturated heterocycles. The Hall–Kier alpha value is -1.89. The molecule has 21 heavy (non-hydrogen) atoms. The number of hydrogen-bond donors (Lipinski definition) is 0. The Balaban J connectivity index is 1.89. The molecule has 3 nitrogen and oxygen atoms in total. The fourth-order valence-corrected chi connectivity index (χ4v) is 2.69. The molecule has 1 aliphatic rings. The number of nitrogens with zero attached hydrogens (tertiary/aromatic N) is 2. The normalized spacial score (nSPS) is 14.2. The van der Waals surface area contributed by atoms with Gasteiger partial charge in [-0.25, -0.2) is 18.2 Å². The first-order valence-electron chi connectivity index (χ1n) is 6.40. The molecule has 1 heterocycles. The van der Waals surface area contributed by atoms with Gasteiger partial charge in [0.05, 0.1) is 12.1 Å². The Kier molecular flexibility index (Phi) is 3.67. The molecule has 0 unspecified atom stereocenters. The molecule has 1 aromatic carbocycles. The zero-order valence-electron chi connectivity index (χ0n) is 10.9. The first kappa shape index (κ1) is 14.1. The van der Waals surface area contributed by atoms with Crippen molar-refractivity contribution in [1.29, 1.82) is 0 Å². The maximum atomic E-state index is 13.8. The Labute approximate surface area is 123 Å². The van der Waals surface area contributed by atoms with Crippen molar-refractivity contribution in [3.63, 3.8) is 0 Å². The second-order valence-corrected chi connectivity index (χ2v) is 5.79. The van der Waals surface area contributed by atoms with Crippen LogP contribution in [0.2, 0.25) is 0 Å². The molecule has 0 bridgehead atoms. The Morgan fingerprint density at radius 2 is 2.05 bits per heavy atom. The zero-order valence-corrected chi connectivity index (χ0v) is 11.7. The molecule has 1 fully saturated rings. The van der Waals surface area contributed by atoms with Crippen molar-refractivity contribution in [2.45, 2.75) is 25.4 Å². The number of aromatic nitrogens is 1. The minimum Gasteiger partial charge on any atom is -0.329 e. The lowest BCUT2D eigenvalue weighted by Crippen LogP contribution is -2.33. The smallest absolute Gasteiger partial charge is 0.257 e. The van der Waals surface area contributed by atoms with Gasteiger partial charge in [-0.15, -0.1) is 11.3 Å². The van der Waals surface area contributed by atoms with Gasteiger partial charge in [0.1, 0.15) is 5.01 Å². The van der Waals surface area contributed by atoms with Crippen LogP contribution in [0.1, 0.15) is 28.2 Å². The third-order valence-electron chi connectivity index (χ3n) is 3.30. The van der Waals surface area contributed by atoms with E-state index < -0.39 is 28.9 Å². The highest BCUT2D eigenvalue weighted by Gasteiger charge is 2.35. The predicted molar refractivity (Wildman–Crippen MR) is 71.3 cm³/mol. The van der Waals surface area contributed by atoms with Crippen LogP contribution < -0.4 is 0 Å². The van der Waals surface area contributed by atoms with E-state index in [0.29, 0.717) is 0 Å². The van der Waals surface area contributed by atoms with E-state index in [9.17, 15) is 18.0 Å². The van der Waals surface area contributed by atoms with Gasteiger partial charge in [-0.05, 0) is 25.0 Å². The van der Waals surface area contributed by atoms with Crippen LogP contribution in [0.4, 0.5) is 13.2 Å². The number of rotatable bonds is 4. The maximum absolute atomic E-state index is 13.8. The van der Waals surface area contributed by atoms with Gasteiger partial charge >= 0.3 is 0 Å². The second-order valence-electron chi connectivity index (χ2n) is 4.81. The van der Waals surface area contributed by atoms with Gasteiger partial charge in [0.15, 0.2) is 17.5 Å². The third-order valence-corrected chi connectivity index (χ3v) is 4.07. The van der Waals surface area contributed by atoms with Crippen molar-refractivity contribution in [2.75, 3.05) is 0 Å². The molecular weight excluding hydrogens is 301 g/mol. The molecule has 0 atom stereocenters. The molecule has 2 aromatic rings. The van der Waals surface area contributed by atoms with Crippen LogP contribution in [-0.2, 0) is 6.54 Å². The van der Waals surface area contributed by atoms with Crippen LogP contribution in [0.5, 0.6) is 0 Å². The topological polar surface area (TPSA) is 33.2 Å². The van der Waals surface area contributed by atoms with Crippen LogP contribution in [0.3, 0.4) is 0 Å². The molecule has 1 amide bonds. The highest BCUT2D eigenvalue weighted by atomic mass is 32.1. The first-order chi connectivity index (χ1) is 10.1. The van der Waals surface area contributed by atoms with Gasteiger partial charge in [0, 0.05) is 17.6 Å². The number of benzene rings is 1. The summed E-state index contributed by atoms with van der Waals surface area (Å²) in [5.41, 5.74) is -0.447. The Morgan fingerprint density at radius 3 is 2.67 bits per heavy atom.